The zero-order valence-corrected chi connectivity index (χ0v) is 12.1. The maximum Gasteiger partial charge on any atom is 0.419 e. The van der Waals surface area contributed by atoms with Crippen LogP contribution in [0.5, 0.6) is 0 Å². The van der Waals surface area contributed by atoms with Crippen molar-refractivity contribution in [3.8, 4) is 11.4 Å². The predicted octanol–water partition coefficient (Wildman–Crippen LogP) is 4.42. The third kappa shape index (κ3) is 3.31. The molecule has 0 saturated carbocycles. The van der Waals surface area contributed by atoms with E-state index in [2.05, 4.69) is 10.2 Å². The van der Waals surface area contributed by atoms with Crippen LogP contribution in [0.25, 0.3) is 11.4 Å². The Morgan fingerprint density at radius 1 is 1.33 bits per heavy atom. The summed E-state index contributed by atoms with van der Waals surface area (Å²) in [6.07, 6.45) is -4.75. The van der Waals surface area contributed by atoms with Crippen LogP contribution in [0, 0.1) is 16.5 Å². The van der Waals surface area contributed by atoms with E-state index in [0.29, 0.717) is 11.3 Å². The summed E-state index contributed by atoms with van der Waals surface area (Å²) in [6, 6.07) is 2.79. The quantitative estimate of drug-likeness (QED) is 0.671. The number of aromatic nitrogens is 3. The fourth-order valence-corrected chi connectivity index (χ4v) is 2.16. The van der Waals surface area contributed by atoms with E-state index in [9.17, 15) is 17.6 Å². The Balaban J connectivity index is 2.56. The smallest absolute Gasteiger partial charge is 0.300 e. The maximum atomic E-state index is 13.3. The van der Waals surface area contributed by atoms with Crippen molar-refractivity contribution in [2.45, 2.75) is 26.6 Å². The van der Waals surface area contributed by atoms with E-state index in [1.54, 1.807) is 4.57 Å². The Morgan fingerprint density at radius 3 is 2.57 bits per heavy atom. The van der Waals surface area contributed by atoms with Gasteiger partial charge in [-0.15, -0.1) is 0 Å². The average molecular weight is 319 g/mol. The lowest BCUT2D eigenvalue weighted by Gasteiger charge is -2.12. The first-order chi connectivity index (χ1) is 9.70. The molecule has 1 N–H and O–H groups in total. The molecule has 2 rings (SSSR count). The second-order valence-corrected chi connectivity index (χ2v) is 5.44. The molecule has 0 bridgehead atoms. The zero-order chi connectivity index (χ0) is 15.8. The van der Waals surface area contributed by atoms with E-state index in [4.69, 9.17) is 12.2 Å². The number of nitrogens with one attached hydrogen (secondary N) is 1. The molecule has 0 spiro atoms. The molecule has 21 heavy (non-hydrogen) atoms. The predicted molar refractivity (Wildman–Crippen MR) is 72.6 cm³/mol. The third-order valence-electron chi connectivity index (χ3n) is 2.84. The summed E-state index contributed by atoms with van der Waals surface area (Å²) in [5, 5.41) is 6.50. The Labute approximate surface area is 123 Å². The van der Waals surface area contributed by atoms with Gasteiger partial charge in [0, 0.05) is 12.1 Å². The molecule has 0 aliphatic carbocycles. The lowest BCUT2D eigenvalue weighted by molar-refractivity contribution is -0.139. The van der Waals surface area contributed by atoms with Gasteiger partial charge < -0.3 is 0 Å². The monoisotopic (exact) mass is 319 g/mol. The minimum Gasteiger partial charge on any atom is -0.300 e. The van der Waals surface area contributed by atoms with Crippen molar-refractivity contribution in [3.05, 3.63) is 34.4 Å². The number of alkyl halides is 3. The van der Waals surface area contributed by atoms with E-state index in [1.165, 1.54) is 6.07 Å². The van der Waals surface area contributed by atoms with Gasteiger partial charge in [0.1, 0.15) is 5.82 Å². The van der Waals surface area contributed by atoms with Crippen LogP contribution in [0.3, 0.4) is 0 Å². The number of aromatic amines is 1. The number of halogens is 4. The number of hydrogen-bond donors (Lipinski definition) is 1. The first-order valence-electron chi connectivity index (χ1n) is 6.22. The number of nitrogens with zero attached hydrogens (tertiary/aromatic N) is 2. The fraction of sp³-hybridized carbons (Fsp3) is 0.385. The molecule has 8 heteroatoms. The Morgan fingerprint density at radius 2 is 2.00 bits per heavy atom. The van der Waals surface area contributed by atoms with Crippen LogP contribution in [-0.2, 0) is 12.7 Å². The largest absolute Gasteiger partial charge is 0.419 e. The van der Waals surface area contributed by atoms with Crippen molar-refractivity contribution in [1.82, 2.24) is 14.8 Å². The van der Waals surface area contributed by atoms with Crippen LogP contribution in [0.15, 0.2) is 18.2 Å². The molecule has 0 aliphatic rings. The third-order valence-corrected chi connectivity index (χ3v) is 3.15. The highest BCUT2D eigenvalue weighted by atomic mass is 32.1. The highest BCUT2D eigenvalue weighted by Gasteiger charge is 2.34. The normalized spacial score (nSPS) is 12.1. The minimum atomic E-state index is -4.75. The van der Waals surface area contributed by atoms with Gasteiger partial charge in [-0.3, -0.25) is 9.67 Å². The molecule has 0 radical (unpaired) electrons. The van der Waals surface area contributed by atoms with Crippen molar-refractivity contribution >= 4 is 12.2 Å². The van der Waals surface area contributed by atoms with Gasteiger partial charge in [0.25, 0.3) is 0 Å². The van der Waals surface area contributed by atoms with Gasteiger partial charge in [0.2, 0.25) is 0 Å². The zero-order valence-electron chi connectivity index (χ0n) is 11.3. The van der Waals surface area contributed by atoms with Crippen molar-refractivity contribution < 1.29 is 17.6 Å². The molecule has 1 heterocycles. The van der Waals surface area contributed by atoms with Gasteiger partial charge >= 0.3 is 6.18 Å². The lowest BCUT2D eigenvalue weighted by atomic mass is 10.1. The number of H-pyrrole nitrogens is 1. The van der Waals surface area contributed by atoms with E-state index in [1.807, 2.05) is 13.8 Å². The van der Waals surface area contributed by atoms with Crippen LogP contribution >= 0.6 is 12.2 Å². The van der Waals surface area contributed by atoms with Gasteiger partial charge in [-0.25, -0.2) is 4.39 Å². The summed E-state index contributed by atoms with van der Waals surface area (Å²) in [5.41, 5.74) is -1.15. The second kappa shape index (κ2) is 5.59. The summed E-state index contributed by atoms with van der Waals surface area (Å²) in [7, 11) is 0. The molecule has 1 aromatic heterocycles. The highest BCUT2D eigenvalue weighted by molar-refractivity contribution is 7.71. The molecule has 0 saturated heterocycles. The molecular weight excluding hydrogens is 306 g/mol. The standard InChI is InChI=1S/C13H13F4N3S/c1-7(2)6-20-11(18-19-12(20)21)8-3-4-10(14)9(5-8)13(15,16)17/h3-5,7H,6H2,1-2H3,(H,19,21). The summed E-state index contributed by atoms with van der Waals surface area (Å²) in [5.74, 6) is -0.814. The Hall–Kier alpha value is -1.70. The molecule has 0 amide bonds. The number of rotatable bonds is 3. The number of hydrogen-bond acceptors (Lipinski definition) is 2. The number of benzene rings is 1. The van der Waals surface area contributed by atoms with Crippen LogP contribution in [0.4, 0.5) is 17.6 Å². The van der Waals surface area contributed by atoms with Crippen LogP contribution in [0.2, 0.25) is 0 Å². The van der Waals surface area contributed by atoms with Gasteiger partial charge in [0.15, 0.2) is 10.6 Å². The fourth-order valence-electron chi connectivity index (χ4n) is 1.95. The lowest BCUT2D eigenvalue weighted by Crippen LogP contribution is -2.10. The van der Waals surface area contributed by atoms with Crippen molar-refractivity contribution in [3.63, 3.8) is 0 Å². The van der Waals surface area contributed by atoms with E-state index in [-0.39, 0.29) is 17.3 Å². The van der Waals surface area contributed by atoms with Crippen molar-refractivity contribution in [1.29, 1.82) is 0 Å². The summed E-state index contributed by atoms with van der Waals surface area (Å²) in [6.45, 7) is 4.40. The first-order valence-corrected chi connectivity index (χ1v) is 6.63. The van der Waals surface area contributed by atoms with Crippen LogP contribution in [-0.4, -0.2) is 14.8 Å². The minimum absolute atomic E-state index is 0.164. The molecule has 0 unspecified atom stereocenters. The van der Waals surface area contributed by atoms with Gasteiger partial charge in [-0.05, 0) is 36.3 Å². The van der Waals surface area contributed by atoms with E-state index in [0.717, 1.165) is 12.1 Å². The average Bonchev–Trinajstić information content (AvgIpc) is 2.70. The molecule has 3 nitrogen and oxygen atoms in total. The summed E-state index contributed by atoms with van der Waals surface area (Å²) >= 11 is 5.07. The Kier molecular flexibility index (Phi) is 4.18. The first kappa shape index (κ1) is 15.7. The highest BCUT2D eigenvalue weighted by Crippen LogP contribution is 2.34. The summed E-state index contributed by atoms with van der Waals surface area (Å²) in [4.78, 5) is 0. The Bertz CT molecular complexity index is 700. The van der Waals surface area contributed by atoms with Crippen molar-refractivity contribution in [2.75, 3.05) is 0 Å². The topological polar surface area (TPSA) is 33.6 Å². The molecule has 2 aromatic rings. The molecule has 0 atom stereocenters. The summed E-state index contributed by atoms with van der Waals surface area (Å²) < 4.78 is 53.5. The molecule has 114 valence electrons. The molecule has 0 aliphatic heterocycles. The maximum absolute atomic E-state index is 13.3. The molecule has 0 fully saturated rings. The van der Waals surface area contributed by atoms with Gasteiger partial charge in [0.05, 0.1) is 5.56 Å². The molecular formula is C13H13F4N3S. The van der Waals surface area contributed by atoms with Gasteiger partial charge in [-0.1, -0.05) is 13.8 Å². The van der Waals surface area contributed by atoms with Crippen LogP contribution < -0.4 is 0 Å². The molecule has 1 aromatic carbocycles. The second-order valence-electron chi connectivity index (χ2n) is 5.05. The van der Waals surface area contributed by atoms with Crippen molar-refractivity contribution in [2.24, 2.45) is 5.92 Å². The van der Waals surface area contributed by atoms with Gasteiger partial charge in [-0.2, -0.15) is 18.3 Å². The van der Waals surface area contributed by atoms with E-state index >= 15 is 0 Å². The SMILES string of the molecule is CC(C)Cn1c(-c2ccc(F)c(C(F)(F)F)c2)n[nH]c1=S. The van der Waals surface area contributed by atoms with E-state index < -0.39 is 17.6 Å². The van der Waals surface area contributed by atoms with Crippen LogP contribution in [0.1, 0.15) is 19.4 Å².